The van der Waals surface area contributed by atoms with E-state index in [1.165, 1.54) is 23.9 Å². The van der Waals surface area contributed by atoms with Crippen LogP contribution < -0.4 is 0 Å². The molecule has 5 nitrogen and oxygen atoms in total. The second kappa shape index (κ2) is 7.51. The van der Waals surface area contributed by atoms with E-state index in [4.69, 9.17) is 0 Å². The molecule has 0 amide bonds. The topological polar surface area (TPSA) is 64.6 Å². The average Bonchev–Trinajstić information content (AvgIpc) is 2.91. The van der Waals surface area contributed by atoms with Crippen molar-refractivity contribution >= 4 is 34.8 Å². The Kier molecular flexibility index (Phi) is 5.28. The number of carbonyl (C=O) groups excluding carboxylic acids is 1. The Bertz CT molecular complexity index is 1090. The number of nitro benzene ring substituents is 1. The van der Waals surface area contributed by atoms with Crippen LogP contribution in [0.25, 0.3) is 11.6 Å². The lowest BCUT2D eigenvalue weighted by Crippen LogP contribution is -2.19. The fourth-order valence-electron chi connectivity index (χ4n) is 2.66. The second-order valence-corrected chi connectivity index (χ2v) is 6.93. The van der Waals surface area contributed by atoms with Gasteiger partial charge in [-0.15, -0.1) is 0 Å². The van der Waals surface area contributed by atoms with Crippen molar-refractivity contribution in [2.75, 3.05) is 0 Å². The summed E-state index contributed by atoms with van der Waals surface area (Å²) >= 11 is 1.34. The first-order valence-electron chi connectivity index (χ1n) is 7.99. The summed E-state index contributed by atoms with van der Waals surface area (Å²) in [5.74, 6) is -1.93. The highest BCUT2D eigenvalue weighted by Gasteiger charge is 2.36. The van der Waals surface area contributed by atoms with Gasteiger partial charge in [-0.3, -0.25) is 14.9 Å². The van der Waals surface area contributed by atoms with Crippen molar-refractivity contribution in [3.8, 4) is 0 Å². The number of benzene rings is 1. The van der Waals surface area contributed by atoms with Crippen molar-refractivity contribution in [2.45, 2.75) is 22.9 Å². The van der Waals surface area contributed by atoms with E-state index in [9.17, 15) is 28.1 Å². The summed E-state index contributed by atoms with van der Waals surface area (Å²) < 4.78 is 39.2. The molecule has 0 spiro atoms. The summed E-state index contributed by atoms with van der Waals surface area (Å²) in [5, 5.41) is 10.8. The molecule has 144 valence electrons. The van der Waals surface area contributed by atoms with Gasteiger partial charge in [0, 0.05) is 33.8 Å². The lowest BCUT2D eigenvalue weighted by molar-refractivity contribution is -0.384. The zero-order chi connectivity index (χ0) is 20.5. The van der Waals surface area contributed by atoms with Crippen molar-refractivity contribution in [3.63, 3.8) is 0 Å². The number of nitro groups is 1. The maximum atomic E-state index is 12.5. The van der Waals surface area contributed by atoms with Crippen molar-refractivity contribution in [3.05, 3.63) is 76.1 Å². The zero-order valence-corrected chi connectivity index (χ0v) is 15.3. The monoisotopic (exact) mass is 406 g/mol. The highest BCUT2D eigenvalue weighted by atomic mass is 32.2. The maximum absolute atomic E-state index is 12.5. The highest BCUT2D eigenvalue weighted by Crippen LogP contribution is 2.38. The first-order valence-corrected chi connectivity index (χ1v) is 8.81. The molecule has 0 aliphatic carbocycles. The molecular weight excluding hydrogens is 393 g/mol. The van der Waals surface area contributed by atoms with Gasteiger partial charge in [0.1, 0.15) is 0 Å². The molecule has 0 aliphatic rings. The number of rotatable bonds is 5. The highest BCUT2D eigenvalue weighted by molar-refractivity contribution is 7.99. The van der Waals surface area contributed by atoms with Gasteiger partial charge in [0.15, 0.2) is 0 Å². The van der Waals surface area contributed by atoms with Crippen molar-refractivity contribution in [1.82, 2.24) is 4.40 Å². The molecule has 0 bridgehead atoms. The summed E-state index contributed by atoms with van der Waals surface area (Å²) in [7, 11) is 0. The summed E-state index contributed by atoms with van der Waals surface area (Å²) in [6.07, 6.45) is -1.56. The minimum atomic E-state index is -4.92. The molecule has 28 heavy (non-hydrogen) atoms. The molecule has 2 aromatic heterocycles. The minimum Gasteiger partial charge on any atom is -0.316 e. The Morgan fingerprint density at radius 1 is 1.18 bits per heavy atom. The standard InChI is InChI=1S/C19H13F3N2O3S/c1-12-15(9-10-17(25)19(20,21)22)23-11-3-2-4-16(23)18(12)28-14-7-5-13(6-8-14)24(26)27/h2-11H,1H3. The predicted molar refractivity (Wildman–Crippen MR) is 99.4 cm³/mol. The van der Waals surface area contributed by atoms with Gasteiger partial charge < -0.3 is 4.40 Å². The first kappa shape index (κ1) is 19.7. The number of nitrogens with zero attached hydrogens (tertiary/aromatic N) is 2. The van der Waals surface area contributed by atoms with Crippen molar-refractivity contribution in [1.29, 1.82) is 0 Å². The fraction of sp³-hybridized carbons (Fsp3) is 0.105. The van der Waals surface area contributed by atoms with E-state index in [-0.39, 0.29) is 5.69 Å². The van der Waals surface area contributed by atoms with E-state index < -0.39 is 16.9 Å². The van der Waals surface area contributed by atoms with Crippen LogP contribution in [0.2, 0.25) is 0 Å². The lowest BCUT2D eigenvalue weighted by atomic mass is 10.2. The van der Waals surface area contributed by atoms with Crippen LogP contribution in [0.15, 0.2) is 64.5 Å². The molecule has 0 aliphatic heterocycles. The van der Waals surface area contributed by atoms with Crippen LogP contribution in [0.5, 0.6) is 0 Å². The van der Waals surface area contributed by atoms with Gasteiger partial charge in [0.05, 0.1) is 10.4 Å². The first-order chi connectivity index (χ1) is 13.2. The van der Waals surface area contributed by atoms with Crippen LogP contribution in [0.4, 0.5) is 18.9 Å². The number of hydrogen-bond donors (Lipinski definition) is 0. The van der Waals surface area contributed by atoms with Crippen molar-refractivity contribution in [2.24, 2.45) is 0 Å². The minimum absolute atomic E-state index is 0.0305. The van der Waals surface area contributed by atoms with E-state index >= 15 is 0 Å². The van der Waals surface area contributed by atoms with E-state index in [1.54, 1.807) is 41.8 Å². The van der Waals surface area contributed by atoms with Crippen LogP contribution in [0.3, 0.4) is 0 Å². The molecule has 2 heterocycles. The molecule has 0 radical (unpaired) electrons. The van der Waals surface area contributed by atoms with E-state index in [1.807, 2.05) is 6.07 Å². The Morgan fingerprint density at radius 2 is 1.86 bits per heavy atom. The number of hydrogen-bond acceptors (Lipinski definition) is 4. The quantitative estimate of drug-likeness (QED) is 0.321. The molecule has 0 saturated carbocycles. The van der Waals surface area contributed by atoms with E-state index in [2.05, 4.69) is 0 Å². The maximum Gasteiger partial charge on any atom is 0.454 e. The van der Waals surface area contributed by atoms with Crippen molar-refractivity contribution < 1.29 is 22.9 Å². The van der Waals surface area contributed by atoms with Crippen LogP contribution >= 0.6 is 11.8 Å². The number of carbonyl (C=O) groups is 1. The number of ketones is 1. The summed E-state index contributed by atoms with van der Waals surface area (Å²) in [4.78, 5) is 23.0. The summed E-state index contributed by atoms with van der Waals surface area (Å²) in [6.45, 7) is 1.75. The van der Waals surface area contributed by atoms with Gasteiger partial charge >= 0.3 is 6.18 Å². The van der Waals surface area contributed by atoms with Crippen LogP contribution in [-0.2, 0) is 4.79 Å². The molecule has 0 fully saturated rings. The lowest BCUT2D eigenvalue weighted by Gasteiger charge is -2.02. The number of halogens is 3. The third kappa shape index (κ3) is 3.94. The molecular formula is C19H13F3N2O3S. The molecule has 0 atom stereocenters. The smallest absolute Gasteiger partial charge is 0.316 e. The van der Waals surface area contributed by atoms with Gasteiger partial charge in [0.25, 0.3) is 11.5 Å². The third-order valence-electron chi connectivity index (χ3n) is 4.02. The number of allylic oxidation sites excluding steroid dienone is 1. The van der Waals surface area contributed by atoms with E-state index in [0.717, 1.165) is 21.4 Å². The van der Waals surface area contributed by atoms with Crippen LogP contribution in [-0.4, -0.2) is 21.3 Å². The fourth-order valence-corrected chi connectivity index (χ4v) is 3.70. The van der Waals surface area contributed by atoms with Gasteiger partial charge in [-0.1, -0.05) is 17.8 Å². The van der Waals surface area contributed by atoms with Gasteiger partial charge in [-0.25, -0.2) is 0 Å². The van der Waals surface area contributed by atoms with Crippen LogP contribution in [0, 0.1) is 17.0 Å². The average molecular weight is 406 g/mol. The Labute approximate surface area is 161 Å². The molecule has 0 saturated heterocycles. The number of fused-ring (bicyclic) bond motifs is 1. The molecule has 1 aromatic carbocycles. The predicted octanol–water partition coefficient (Wildman–Crippen LogP) is 5.45. The van der Waals surface area contributed by atoms with Crippen LogP contribution in [0.1, 0.15) is 11.3 Å². The number of non-ortho nitro benzene ring substituents is 1. The summed E-state index contributed by atoms with van der Waals surface area (Å²) in [5.41, 5.74) is 1.87. The second-order valence-electron chi connectivity index (χ2n) is 5.84. The molecule has 3 rings (SSSR count). The summed E-state index contributed by atoms with van der Waals surface area (Å²) in [6, 6.07) is 11.3. The van der Waals surface area contributed by atoms with Gasteiger partial charge in [-0.05, 0) is 48.9 Å². The zero-order valence-electron chi connectivity index (χ0n) is 14.4. The molecule has 0 N–H and O–H groups in total. The van der Waals surface area contributed by atoms with Gasteiger partial charge in [0.2, 0.25) is 0 Å². The third-order valence-corrected chi connectivity index (χ3v) is 5.24. The Balaban J connectivity index is 2.02. The van der Waals surface area contributed by atoms with E-state index in [0.29, 0.717) is 17.3 Å². The number of alkyl halides is 3. The number of pyridine rings is 1. The molecule has 3 aromatic rings. The Morgan fingerprint density at radius 3 is 2.46 bits per heavy atom. The Hall–Kier alpha value is -3.07. The van der Waals surface area contributed by atoms with Gasteiger partial charge in [-0.2, -0.15) is 13.2 Å². The normalized spacial score (nSPS) is 12.0. The SMILES string of the molecule is Cc1c(Sc2ccc([N+](=O)[O-])cc2)c2ccccn2c1C=CC(=O)C(F)(F)F. The largest absolute Gasteiger partial charge is 0.454 e. The molecule has 0 unspecified atom stereocenters. The molecule has 9 heteroatoms. The number of aromatic nitrogens is 1.